The highest BCUT2D eigenvalue weighted by molar-refractivity contribution is 7.14. The molecule has 0 aliphatic carbocycles. The Labute approximate surface area is 120 Å². The standard InChI is InChI=1S/C14H14N4OS/c1-3-10-4-6-11(7-5-10)17-13(19)12-9(2)16-14-18(12)15-8-20-14/h4-8H,3H2,1-2H3,(H,17,19). The normalized spacial score (nSPS) is 10.9. The first-order valence-electron chi connectivity index (χ1n) is 6.38. The lowest BCUT2D eigenvalue weighted by atomic mass is 10.1. The van der Waals surface area contributed by atoms with Gasteiger partial charge in [0.2, 0.25) is 4.96 Å². The van der Waals surface area contributed by atoms with Gasteiger partial charge in [-0.15, -0.1) is 0 Å². The van der Waals surface area contributed by atoms with Crippen molar-refractivity contribution in [3.8, 4) is 0 Å². The molecule has 0 aliphatic rings. The van der Waals surface area contributed by atoms with Gasteiger partial charge in [0.1, 0.15) is 5.51 Å². The highest BCUT2D eigenvalue weighted by atomic mass is 32.1. The van der Waals surface area contributed by atoms with E-state index in [0.717, 1.165) is 17.1 Å². The van der Waals surface area contributed by atoms with Gasteiger partial charge in [-0.2, -0.15) is 9.61 Å². The second-order valence-electron chi connectivity index (χ2n) is 4.48. The first-order valence-corrected chi connectivity index (χ1v) is 7.26. The van der Waals surface area contributed by atoms with Crippen LogP contribution in [0.4, 0.5) is 5.69 Å². The fourth-order valence-corrected chi connectivity index (χ4v) is 2.73. The quantitative estimate of drug-likeness (QED) is 0.805. The molecule has 102 valence electrons. The molecule has 0 radical (unpaired) electrons. The van der Waals surface area contributed by atoms with E-state index in [0.29, 0.717) is 11.4 Å². The maximum atomic E-state index is 12.4. The van der Waals surface area contributed by atoms with Gasteiger partial charge in [0, 0.05) is 5.69 Å². The number of aryl methyl sites for hydroxylation is 2. The summed E-state index contributed by atoms with van der Waals surface area (Å²) in [6, 6.07) is 7.84. The third-order valence-electron chi connectivity index (χ3n) is 3.15. The number of carbonyl (C=O) groups is 1. The van der Waals surface area contributed by atoms with Crippen molar-refractivity contribution in [2.24, 2.45) is 0 Å². The number of carbonyl (C=O) groups excluding carboxylic acids is 1. The van der Waals surface area contributed by atoms with Crippen molar-refractivity contribution in [3.63, 3.8) is 0 Å². The molecule has 0 spiro atoms. The third kappa shape index (κ3) is 2.18. The Morgan fingerprint density at radius 2 is 2.10 bits per heavy atom. The molecule has 5 nitrogen and oxygen atoms in total. The molecule has 6 heteroatoms. The minimum absolute atomic E-state index is 0.190. The summed E-state index contributed by atoms with van der Waals surface area (Å²) in [5, 5.41) is 7.02. The summed E-state index contributed by atoms with van der Waals surface area (Å²) in [6.45, 7) is 3.92. The molecule has 0 atom stereocenters. The first-order chi connectivity index (χ1) is 9.69. The summed E-state index contributed by atoms with van der Waals surface area (Å²) >= 11 is 1.41. The predicted octanol–water partition coefficient (Wildman–Crippen LogP) is 2.91. The second kappa shape index (κ2) is 5.05. The van der Waals surface area contributed by atoms with Crippen molar-refractivity contribution in [1.82, 2.24) is 14.6 Å². The second-order valence-corrected chi connectivity index (χ2v) is 5.30. The van der Waals surface area contributed by atoms with Crippen LogP contribution in [0.15, 0.2) is 29.8 Å². The Morgan fingerprint density at radius 3 is 2.80 bits per heavy atom. The summed E-state index contributed by atoms with van der Waals surface area (Å²) in [4.78, 5) is 17.4. The summed E-state index contributed by atoms with van der Waals surface area (Å²) < 4.78 is 1.58. The molecule has 1 aromatic carbocycles. The number of imidazole rings is 1. The van der Waals surface area contributed by atoms with E-state index in [1.165, 1.54) is 16.9 Å². The van der Waals surface area contributed by atoms with Crippen LogP contribution in [0.25, 0.3) is 4.96 Å². The first kappa shape index (κ1) is 12.8. The maximum absolute atomic E-state index is 12.4. The van der Waals surface area contributed by atoms with Gasteiger partial charge in [-0.3, -0.25) is 4.79 Å². The van der Waals surface area contributed by atoms with Crippen LogP contribution in [0.3, 0.4) is 0 Å². The Balaban J connectivity index is 1.88. The largest absolute Gasteiger partial charge is 0.321 e. The van der Waals surface area contributed by atoms with E-state index in [2.05, 4.69) is 22.3 Å². The van der Waals surface area contributed by atoms with Crippen LogP contribution in [0, 0.1) is 6.92 Å². The van der Waals surface area contributed by atoms with E-state index in [1.54, 1.807) is 10.0 Å². The molecule has 0 bridgehead atoms. The van der Waals surface area contributed by atoms with Gasteiger partial charge in [-0.05, 0) is 31.0 Å². The number of hydrogen-bond acceptors (Lipinski definition) is 4. The number of amides is 1. The summed E-state index contributed by atoms with van der Waals surface area (Å²) in [7, 11) is 0. The number of benzene rings is 1. The van der Waals surface area contributed by atoms with Crippen LogP contribution in [0.5, 0.6) is 0 Å². The van der Waals surface area contributed by atoms with Gasteiger partial charge in [0.05, 0.1) is 5.69 Å². The number of aromatic nitrogens is 3. The number of rotatable bonds is 3. The summed E-state index contributed by atoms with van der Waals surface area (Å²) in [6.07, 6.45) is 0.982. The third-order valence-corrected chi connectivity index (χ3v) is 3.83. The van der Waals surface area contributed by atoms with E-state index in [1.807, 2.05) is 31.2 Å². The van der Waals surface area contributed by atoms with E-state index in [4.69, 9.17) is 0 Å². The summed E-state index contributed by atoms with van der Waals surface area (Å²) in [5.41, 5.74) is 4.87. The molecular formula is C14H14N4OS. The van der Waals surface area contributed by atoms with Crippen molar-refractivity contribution in [2.75, 3.05) is 5.32 Å². The lowest BCUT2D eigenvalue weighted by Gasteiger charge is -2.05. The average Bonchev–Trinajstić information content (AvgIpc) is 2.99. The van der Waals surface area contributed by atoms with Crippen molar-refractivity contribution < 1.29 is 4.79 Å². The number of anilines is 1. The predicted molar refractivity (Wildman–Crippen MR) is 79.4 cm³/mol. The highest BCUT2D eigenvalue weighted by Gasteiger charge is 2.18. The fourth-order valence-electron chi connectivity index (χ4n) is 2.07. The minimum atomic E-state index is -0.190. The van der Waals surface area contributed by atoms with Gasteiger partial charge < -0.3 is 5.32 Å². The van der Waals surface area contributed by atoms with Crippen molar-refractivity contribution >= 4 is 27.9 Å². The van der Waals surface area contributed by atoms with Crippen molar-refractivity contribution in [3.05, 3.63) is 46.7 Å². The average molecular weight is 286 g/mol. The zero-order valence-electron chi connectivity index (χ0n) is 11.3. The minimum Gasteiger partial charge on any atom is -0.321 e. The van der Waals surface area contributed by atoms with Gasteiger partial charge in [0.15, 0.2) is 5.69 Å². The molecule has 1 N–H and O–H groups in total. The van der Waals surface area contributed by atoms with Crippen LogP contribution < -0.4 is 5.32 Å². The van der Waals surface area contributed by atoms with Gasteiger partial charge >= 0.3 is 0 Å². The molecule has 0 saturated heterocycles. The van der Waals surface area contributed by atoms with Gasteiger partial charge in [0.25, 0.3) is 5.91 Å². The Morgan fingerprint density at radius 1 is 1.35 bits per heavy atom. The molecule has 3 aromatic rings. The number of fused-ring (bicyclic) bond motifs is 1. The Bertz CT molecular complexity index is 757. The molecular weight excluding hydrogens is 272 g/mol. The van der Waals surface area contributed by atoms with E-state index < -0.39 is 0 Å². The van der Waals surface area contributed by atoms with Crippen LogP contribution in [0.1, 0.15) is 28.7 Å². The van der Waals surface area contributed by atoms with E-state index in [9.17, 15) is 4.79 Å². The summed E-state index contributed by atoms with van der Waals surface area (Å²) in [5.74, 6) is -0.190. The molecule has 2 aromatic heterocycles. The molecule has 2 heterocycles. The van der Waals surface area contributed by atoms with Crippen molar-refractivity contribution in [1.29, 1.82) is 0 Å². The molecule has 20 heavy (non-hydrogen) atoms. The monoisotopic (exact) mass is 286 g/mol. The number of nitrogens with one attached hydrogen (secondary N) is 1. The van der Waals surface area contributed by atoms with Crippen LogP contribution in [0.2, 0.25) is 0 Å². The zero-order valence-corrected chi connectivity index (χ0v) is 12.1. The molecule has 0 unspecified atom stereocenters. The topological polar surface area (TPSA) is 59.3 Å². The van der Waals surface area contributed by atoms with Crippen LogP contribution in [-0.2, 0) is 6.42 Å². The lowest BCUT2D eigenvalue weighted by Crippen LogP contribution is -2.16. The van der Waals surface area contributed by atoms with Crippen molar-refractivity contribution in [2.45, 2.75) is 20.3 Å². The Kier molecular flexibility index (Phi) is 3.23. The van der Waals surface area contributed by atoms with E-state index in [-0.39, 0.29) is 5.91 Å². The van der Waals surface area contributed by atoms with Gasteiger partial charge in [-0.1, -0.05) is 30.4 Å². The number of nitrogens with zero attached hydrogens (tertiary/aromatic N) is 3. The highest BCUT2D eigenvalue weighted by Crippen LogP contribution is 2.17. The molecule has 0 fully saturated rings. The Hall–Kier alpha value is -2.21. The van der Waals surface area contributed by atoms with Gasteiger partial charge in [-0.25, -0.2) is 4.98 Å². The lowest BCUT2D eigenvalue weighted by molar-refractivity contribution is 0.102. The molecule has 0 saturated carbocycles. The van der Waals surface area contributed by atoms with E-state index >= 15 is 0 Å². The smallest absolute Gasteiger partial charge is 0.276 e. The zero-order chi connectivity index (χ0) is 14.1. The van der Waals surface area contributed by atoms with Crippen LogP contribution in [-0.4, -0.2) is 20.5 Å². The fraction of sp³-hybridized carbons (Fsp3) is 0.214. The SMILES string of the molecule is CCc1ccc(NC(=O)c2c(C)nc3scnn23)cc1. The molecule has 1 amide bonds. The molecule has 0 aliphatic heterocycles. The molecule has 3 rings (SSSR count). The number of hydrogen-bond donors (Lipinski definition) is 1. The van der Waals surface area contributed by atoms with Crippen LogP contribution >= 0.6 is 11.3 Å². The maximum Gasteiger partial charge on any atom is 0.276 e.